The van der Waals surface area contributed by atoms with E-state index in [0.29, 0.717) is 17.7 Å². The van der Waals surface area contributed by atoms with Crippen molar-refractivity contribution in [1.82, 2.24) is 9.88 Å². The lowest BCUT2D eigenvalue weighted by atomic mass is 10.1. The van der Waals surface area contributed by atoms with E-state index < -0.39 is 0 Å². The number of nitrogens with one attached hydrogen (secondary N) is 1. The number of benzene rings is 2. The molecule has 2 atom stereocenters. The summed E-state index contributed by atoms with van der Waals surface area (Å²) in [5.41, 5.74) is 2.94. The van der Waals surface area contributed by atoms with Crippen LogP contribution >= 0.6 is 11.6 Å². The molecule has 1 N–H and O–H groups in total. The van der Waals surface area contributed by atoms with Crippen LogP contribution in [0.25, 0.3) is 21.8 Å². The van der Waals surface area contributed by atoms with Gasteiger partial charge in [0.25, 0.3) is 0 Å². The summed E-state index contributed by atoms with van der Waals surface area (Å²) in [6.45, 7) is 11.5. The summed E-state index contributed by atoms with van der Waals surface area (Å²) in [6, 6.07) is 12.4. The molecule has 0 saturated carbocycles. The van der Waals surface area contributed by atoms with Gasteiger partial charge in [-0.3, -0.25) is 0 Å². The fourth-order valence-corrected chi connectivity index (χ4v) is 4.57. The summed E-state index contributed by atoms with van der Waals surface area (Å²) in [7, 11) is 0. The van der Waals surface area contributed by atoms with Gasteiger partial charge in [0.1, 0.15) is 11.9 Å². The number of fused-ring (bicyclic) bond motifs is 2. The molecular weight excluding hydrogens is 422 g/mol. The number of ether oxygens (including phenoxy) is 2. The summed E-state index contributed by atoms with van der Waals surface area (Å²) in [5, 5.41) is 6.65. The van der Waals surface area contributed by atoms with E-state index in [1.165, 1.54) is 6.42 Å². The predicted octanol–water partition coefficient (Wildman–Crippen LogP) is 6.13. The van der Waals surface area contributed by atoms with Gasteiger partial charge in [0, 0.05) is 28.3 Å². The zero-order valence-corrected chi connectivity index (χ0v) is 20.1. The smallest absolute Gasteiger partial charge is 0.124 e. The molecule has 0 amide bonds. The average molecular weight is 456 g/mol. The molecule has 172 valence electrons. The van der Waals surface area contributed by atoms with Gasteiger partial charge in [0.05, 0.1) is 29.9 Å². The molecule has 0 aliphatic carbocycles. The minimum Gasteiger partial charge on any atom is -0.488 e. The maximum Gasteiger partial charge on any atom is 0.124 e. The first kappa shape index (κ1) is 23.1. The van der Waals surface area contributed by atoms with E-state index in [9.17, 15) is 0 Å². The molecule has 6 heteroatoms. The van der Waals surface area contributed by atoms with E-state index in [1.54, 1.807) is 0 Å². The Hall–Kier alpha value is -2.08. The largest absolute Gasteiger partial charge is 0.488 e. The molecule has 2 aromatic carbocycles. The van der Waals surface area contributed by atoms with Gasteiger partial charge in [-0.1, -0.05) is 25.4 Å². The summed E-state index contributed by atoms with van der Waals surface area (Å²) >= 11 is 6.28. The van der Waals surface area contributed by atoms with Crippen LogP contribution in [0.1, 0.15) is 40.0 Å². The lowest BCUT2D eigenvalue weighted by molar-refractivity contribution is 0.141. The Morgan fingerprint density at radius 3 is 2.75 bits per heavy atom. The van der Waals surface area contributed by atoms with Crippen molar-refractivity contribution in [3.05, 3.63) is 41.4 Å². The van der Waals surface area contributed by atoms with Gasteiger partial charge in [-0.05, 0) is 75.8 Å². The van der Waals surface area contributed by atoms with Crippen LogP contribution in [0.2, 0.25) is 5.02 Å². The molecule has 2 heterocycles. The topological polar surface area (TPSA) is 46.6 Å². The Bertz CT molecular complexity index is 1050. The molecular formula is C26H34ClN3O2. The van der Waals surface area contributed by atoms with Gasteiger partial charge in [-0.2, -0.15) is 0 Å². The van der Waals surface area contributed by atoms with E-state index in [2.05, 4.69) is 43.1 Å². The minimum absolute atomic E-state index is 0.120. The lowest BCUT2D eigenvalue weighted by Crippen LogP contribution is -2.25. The van der Waals surface area contributed by atoms with Gasteiger partial charge < -0.3 is 19.7 Å². The SMILES string of the molecule is CCN(CC)CCCC(C)Nc1c2ccc(Cl)cc2nc2ccc(O[C@@H]3CCOC3)cc12. The standard InChI is InChI=1S/C26H34ClN3O2/c1-4-30(5-2)13-6-7-18(3)28-26-22-10-8-19(27)15-25(22)29-24-11-9-20(16-23(24)26)32-21-12-14-31-17-21/h8-11,15-16,18,21H,4-7,12-14,17H2,1-3H3,(H,28,29)/t18?,21-/m1/s1. The maximum absolute atomic E-state index is 6.28. The average Bonchev–Trinajstić information content (AvgIpc) is 3.30. The number of hydrogen-bond acceptors (Lipinski definition) is 5. The zero-order chi connectivity index (χ0) is 22.5. The Labute approximate surface area is 196 Å². The summed E-state index contributed by atoms with van der Waals surface area (Å²) in [5.74, 6) is 0.861. The highest BCUT2D eigenvalue weighted by Gasteiger charge is 2.18. The van der Waals surface area contributed by atoms with Crippen molar-refractivity contribution < 1.29 is 9.47 Å². The van der Waals surface area contributed by atoms with Crippen molar-refractivity contribution in [2.75, 3.05) is 38.2 Å². The molecule has 1 fully saturated rings. The number of nitrogens with zero attached hydrogens (tertiary/aromatic N) is 2. The molecule has 0 radical (unpaired) electrons. The Morgan fingerprint density at radius 1 is 1.16 bits per heavy atom. The Kier molecular flexibility index (Phi) is 7.71. The summed E-state index contributed by atoms with van der Waals surface area (Å²) < 4.78 is 11.7. The Morgan fingerprint density at radius 2 is 2.00 bits per heavy atom. The number of hydrogen-bond donors (Lipinski definition) is 1. The first-order valence-electron chi connectivity index (χ1n) is 11.8. The highest BCUT2D eigenvalue weighted by Crippen LogP contribution is 2.35. The van der Waals surface area contributed by atoms with Crippen LogP contribution < -0.4 is 10.1 Å². The quantitative estimate of drug-likeness (QED) is 0.372. The maximum atomic E-state index is 6.28. The first-order valence-corrected chi connectivity index (χ1v) is 12.2. The second-order valence-electron chi connectivity index (χ2n) is 8.65. The molecule has 1 unspecified atom stereocenters. The normalized spacial score (nSPS) is 17.3. The molecule has 32 heavy (non-hydrogen) atoms. The molecule has 0 bridgehead atoms. The molecule has 1 saturated heterocycles. The molecule has 3 aromatic rings. The third-order valence-electron chi connectivity index (χ3n) is 6.29. The molecule has 0 spiro atoms. The van der Waals surface area contributed by atoms with Crippen LogP contribution in [0.4, 0.5) is 5.69 Å². The van der Waals surface area contributed by atoms with Crippen LogP contribution in [0, 0.1) is 0 Å². The number of pyridine rings is 1. The highest BCUT2D eigenvalue weighted by atomic mass is 35.5. The summed E-state index contributed by atoms with van der Waals surface area (Å²) in [4.78, 5) is 7.35. The number of anilines is 1. The fourth-order valence-electron chi connectivity index (χ4n) is 4.40. The zero-order valence-electron chi connectivity index (χ0n) is 19.4. The van der Waals surface area contributed by atoms with Crippen LogP contribution in [-0.4, -0.2) is 54.9 Å². The van der Waals surface area contributed by atoms with Crippen molar-refractivity contribution in [1.29, 1.82) is 0 Å². The highest BCUT2D eigenvalue weighted by molar-refractivity contribution is 6.31. The van der Waals surface area contributed by atoms with Crippen molar-refractivity contribution >= 4 is 39.1 Å². The molecule has 1 aliphatic heterocycles. The minimum atomic E-state index is 0.120. The third kappa shape index (κ3) is 5.45. The van der Waals surface area contributed by atoms with Gasteiger partial charge >= 0.3 is 0 Å². The van der Waals surface area contributed by atoms with Gasteiger partial charge in [0.2, 0.25) is 0 Å². The predicted molar refractivity (Wildman–Crippen MR) is 134 cm³/mol. The molecule has 1 aliphatic rings. The lowest BCUT2D eigenvalue weighted by Gasteiger charge is -2.22. The molecule has 5 nitrogen and oxygen atoms in total. The Balaban J connectivity index is 1.63. The van der Waals surface area contributed by atoms with Crippen LogP contribution in [0.15, 0.2) is 36.4 Å². The number of halogens is 1. The van der Waals surface area contributed by atoms with E-state index in [4.69, 9.17) is 26.1 Å². The number of rotatable bonds is 10. The second kappa shape index (κ2) is 10.7. The van der Waals surface area contributed by atoms with Crippen molar-refractivity contribution in [2.24, 2.45) is 0 Å². The van der Waals surface area contributed by atoms with E-state index in [1.807, 2.05) is 24.3 Å². The molecule has 4 rings (SSSR count). The monoisotopic (exact) mass is 455 g/mol. The number of aromatic nitrogens is 1. The summed E-state index contributed by atoms with van der Waals surface area (Å²) in [6.07, 6.45) is 3.32. The van der Waals surface area contributed by atoms with Gasteiger partial charge in [0.15, 0.2) is 0 Å². The fraction of sp³-hybridized carbons (Fsp3) is 0.500. The van der Waals surface area contributed by atoms with E-state index in [0.717, 1.165) is 72.3 Å². The van der Waals surface area contributed by atoms with E-state index >= 15 is 0 Å². The first-order chi connectivity index (χ1) is 15.6. The van der Waals surface area contributed by atoms with Crippen LogP contribution in [0.5, 0.6) is 5.75 Å². The van der Waals surface area contributed by atoms with E-state index in [-0.39, 0.29) is 6.10 Å². The van der Waals surface area contributed by atoms with Crippen LogP contribution in [-0.2, 0) is 4.74 Å². The molecule has 1 aromatic heterocycles. The third-order valence-corrected chi connectivity index (χ3v) is 6.53. The van der Waals surface area contributed by atoms with Crippen LogP contribution in [0.3, 0.4) is 0 Å². The van der Waals surface area contributed by atoms with Crippen molar-refractivity contribution in [3.63, 3.8) is 0 Å². The second-order valence-corrected chi connectivity index (χ2v) is 9.08. The van der Waals surface area contributed by atoms with Crippen molar-refractivity contribution in [3.8, 4) is 5.75 Å². The van der Waals surface area contributed by atoms with Gasteiger partial charge in [-0.25, -0.2) is 4.98 Å². The van der Waals surface area contributed by atoms with Gasteiger partial charge in [-0.15, -0.1) is 0 Å². The van der Waals surface area contributed by atoms with Crippen molar-refractivity contribution in [2.45, 2.75) is 52.2 Å².